The van der Waals surface area contributed by atoms with Crippen LogP contribution in [0.2, 0.25) is 5.02 Å². The number of anilines is 1. The number of rotatable bonds is 5. The average Bonchev–Trinajstić information content (AvgIpc) is 3.01. The van der Waals surface area contributed by atoms with E-state index < -0.39 is 0 Å². The van der Waals surface area contributed by atoms with Crippen LogP contribution in [0.25, 0.3) is 5.57 Å². The van der Waals surface area contributed by atoms with E-state index in [1.165, 1.54) is 19.3 Å². The molecule has 162 valence electrons. The average molecular weight is 437 g/mol. The summed E-state index contributed by atoms with van der Waals surface area (Å²) < 4.78 is 0. The summed E-state index contributed by atoms with van der Waals surface area (Å²) in [5, 5.41) is 0.606. The molecule has 2 amide bonds. The maximum atomic E-state index is 13.8. The first kappa shape index (κ1) is 21.6. The van der Waals surface area contributed by atoms with Crippen molar-refractivity contribution >= 4 is 34.7 Å². The van der Waals surface area contributed by atoms with Gasteiger partial charge in [-0.3, -0.25) is 14.5 Å². The van der Waals surface area contributed by atoms with Crippen molar-refractivity contribution in [3.63, 3.8) is 0 Å². The molecule has 31 heavy (non-hydrogen) atoms. The van der Waals surface area contributed by atoms with Gasteiger partial charge in [0.05, 0.1) is 5.57 Å². The topological polar surface area (TPSA) is 40.6 Å². The fraction of sp³-hybridized carbons (Fsp3) is 0.385. The number of benzene rings is 2. The van der Waals surface area contributed by atoms with Crippen molar-refractivity contribution in [3.05, 3.63) is 70.9 Å². The third kappa shape index (κ3) is 4.40. The molecular formula is C26H29ClN2O2. The van der Waals surface area contributed by atoms with E-state index in [4.69, 9.17) is 11.6 Å². The Labute approximate surface area is 189 Å². The minimum Gasteiger partial charge on any atom is -0.337 e. The zero-order valence-corrected chi connectivity index (χ0v) is 18.8. The van der Waals surface area contributed by atoms with Crippen LogP contribution in [0.5, 0.6) is 0 Å². The largest absolute Gasteiger partial charge is 0.337 e. The minimum absolute atomic E-state index is 0.0328. The van der Waals surface area contributed by atoms with Gasteiger partial charge >= 0.3 is 0 Å². The zero-order valence-electron chi connectivity index (χ0n) is 18.0. The molecule has 1 aliphatic carbocycles. The SMILES string of the molecule is CCN(C1=C(c2ccc(Cl)cc2)C(=O)N(C2CCCCCCC2)C1=O)c1ccccc1. The number of imide groups is 1. The van der Waals surface area contributed by atoms with Gasteiger partial charge in [-0.25, -0.2) is 0 Å². The van der Waals surface area contributed by atoms with Crippen molar-refractivity contribution in [3.8, 4) is 0 Å². The van der Waals surface area contributed by atoms with E-state index in [0.29, 0.717) is 22.8 Å². The van der Waals surface area contributed by atoms with Crippen molar-refractivity contribution in [2.24, 2.45) is 0 Å². The summed E-state index contributed by atoms with van der Waals surface area (Å²) >= 11 is 6.10. The molecule has 4 rings (SSSR count). The molecule has 0 N–H and O–H groups in total. The van der Waals surface area contributed by atoms with Crippen molar-refractivity contribution in [1.29, 1.82) is 0 Å². The van der Waals surface area contributed by atoms with Crippen LogP contribution in [0.4, 0.5) is 5.69 Å². The van der Waals surface area contributed by atoms with Crippen LogP contribution >= 0.6 is 11.6 Å². The molecule has 2 aromatic carbocycles. The van der Waals surface area contributed by atoms with Gasteiger partial charge in [-0.1, -0.05) is 74.0 Å². The maximum Gasteiger partial charge on any atom is 0.278 e. The lowest BCUT2D eigenvalue weighted by atomic mass is 9.95. The highest BCUT2D eigenvalue weighted by atomic mass is 35.5. The Hall–Kier alpha value is -2.59. The van der Waals surface area contributed by atoms with E-state index in [1.54, 1.807) is 17.0 Å². The van der Waals surface area contributed by atoms with Crippen LogP contribution in [-0.4, -0.2) is 29.3 Å². The number of carbonyl (C=O) groups excluding carboxylic acids is 2. The molecule has 0 atom stereocenters. The Balaban J connectivity index is 1.80. The van der Waals surface area contributed by atoms with Crippen molar-refractivity contribution in [2.75, 3.05) is 11.4 Å². The van der Waals surface area contributed by atoms with Crippen LogP contribution in [0.3, 0.4) is 0 Å². The summed E-state index contributed by atoms with van der Waals surface area (Å²) in [5.41, 5.74) is 2.60. The summed E-state index contributed by atoms with van der Waals surface area (Å²) in [7, 11) is 0. The molecule has 0 spiro atoms. The van der Waals surface area contributed by atoms with E-state index in [1.807, 2.05) is 54.3 Å². The van der Waals surface area contributed by atoms with Crippen LogP contribution in [0.15, 0.2) is 60.3 Å². The molecule has 1 saturated carbocycles. The van der Waals surface area contributed by atoms with E-state index in [-0.39, 0.29) is 17.9 Å². The van der Waals surface area contributed by atoms with Gasteiger partial charge in [0.2, 0.25) is 0 Å². The van der Waals surface area contributed by atoms with Crippen LogP contribution in [0.1, 0.15) is 57.4 Å². The molecule has 1 heterocycles. The third-order valence-corrected chi connectivity index (χ3v) is 6.57. The molecule has 0 aromatic heterocycles. The van der Waals surface area contributed by atoms with Crippen LogP contribution in [0, 0.1) is 0 Å². The summed E-state index contributed by atoms with van der Waals surface area (Å²) in [6.45, 7) is 2.60. The van der Waals surface area contributed by atoms with Crippen molar-refractivity contribution in [2.45, 2.75) is 57.9 Å². The number of hydrogen-bond acceptors (Lipinski definition) is 3. The zero-order chi connectivity index (χ0) is 21.8. The van der Waals surface area contributed by atoms with E-state index in [9.17, 15) is 9.59 Å². The number of hydrogen-bond donors (Lipinski definition) is 0. The lowest BCUT2D eigenvalue weighted by molar-refractivity contribution is -0.140. The standard InChI is InChI=1S/C26H29ClN2O2/c1-2-28(21-11-9-6-10-12-21)24-23(19-15-17-20(27)18-16-19)25(30)29(26(24)31)22-13-7-4-3-5-8-14-22/h6,9-12,15-18,22H,2-5,7-8,13-14H2,1H3. The maximum absolute atomic E-state index is 13.8. The Kier molecular flexibility index (Phi) is 6.77. The Morgan fingerprint density at radius 2 is 1.48 bits per heavy atom. The van der Waals surface area contributed by atoms with Gasteiger partial charge in [-0.2, -0.15) is 0 Å². The molecular weight excluding hydrogens is 408 g/mol. The molecule has 0 saturated heterocycles. The quantitative estimate of drug-likeness (QED) is 0.535. The third-order valence-electron chi connectivity index (χ3n) is 6.32. The second-order valence-electron chi connectivity index (χ2n) is 8.29. The number of para-hydroxylation sites is 1. The number of halogens is 1. The van der Waals surface area contributed by atoms with Crippen LogP contribution in [-0.2, 0) is 9.59 Å². The van der Waals surface area contributed by atoms with Gasteiger partial charge in [0.15, 0.2) is 0 Å². The van der Waals surface area contributed by atoms with Gasteiger partial charge in [0.25, 0.3) is 11.8 Å². The van der Waals surface area contributed by atoms with Gasteiger partial charge < -0.3 is 4.90 Å². The van der Waals surface area contributed by atoms with Gasteiger partial charge in [0, 0.05) is 23.3 Å². The highest BCUT2D eigenvalue weighted by molar-refractivity contribution is 6.37. The van der Waals surface area contributed by atoms with E-state index in [0.717, 1.165) is 36.9 Å². The van der Waals surface area contributed by atoms with Gasteiger partial charge in [0.1, 0.15) is 5.70 Å². The van der Waals surface area contributed by atoms with Crippen LogP contribution < -0.4 is 4.90 Å². The molecule has 0 radical (unpaired) electrons. The molecule has 2 aromatic rings. The Morgan fingerprint density at radius 3 is 2.10 bits per heavy atom. The predicted molar refractivity (Wildman–Crippen MR) is 126 cm³/mol. The summed E-state index contributed by atoms with van der Waals surface area (Å²) in [6.07, 6.45) is 7.47. The Morgan fingerprint density at radius 1 is 0.871 bits per heavy atom. The first-order valence-corrected chi connectivity index (χ1v) is 11.7. The molecule has 1 aliphatic heterocycles. The van der Waals surface area contributed by atoms with E-state index in [2.05, 4.69) is 0 Å². The molecule has 2 aliphatic rings. The highest BCUT2D eigenvalue weighted by Crippen LogP contribution is 2.37. The monoisotopic (exact) mass is 436 g/mol. The fourth-order valence-corrected chi connectivity index (χ4v) is 4.89. The first-order chi connectivity index (χ1) is 15.1. The highest BCUT2D eigenvalue weighted by Gasteiger charge is 2.44. The second-order valence-corrected chi connectivity index (χ2v) is 8.73. The summed E-state index contributed by atoms with van der Waals surface area (Å²) in [4.78, 5) is 31.1. The molecule has 5 heteroatoms. The minimum atomic E-state index is -0.178. The Bertz CT molecular complexity index is 961. The number of nitrogens with zero attached hydrogens (tertiary/aromatic N) is 2. The van der Waals surface area contributed by atoms with Crippen molar-refractivity contribution < 1.29 is 9.59 Å². The second kappa shape index (κ2) is 9.69. The normalized spacial score (nSPS) is 18.3. The number of amides is 2. The number of carbonyl (C=O) groups is 2. The smallest absolute Gasteiger partial charge is 0.278 e. The lowest BCUT2D eigenvalue weighted by Crippen LogP contribution is -2.43. The molecule has 1 fully saturated rings. The molecule has 0 bridgehead atoms. The van der Waals surface area contributed by atoms with Gasteiger partial charge in [-0.15, -0.1) is 0 Å². The van der Waals surface area contributed by atoms with Crippen molar-refractivity contribution in [1.82, 2.24) is 4.90 Å². The first-order valence-electron chi connectivity index (χ1n) is 11.3. The molecule has 4 nitrogen and oxygen atoms in total. The summed E-state index contributed by atoms with van der Waals surface area (Å²) in [6, 6.07) is 17.0. The van der Waals surface area contributed by atoms with E-state index >= 15 is 0 Å². The van der Waals surface area contributed by atoms with Gasteiger partial charge in [-0.05, 0) is 49.6 Å². The lowest BCUT2D eigenvalue weighted by Gasteiger charge is -2.30. The fourth-order valence-electron chi connectivity index (χ4n) is 4.76. The predicted octanol–water partition coefficient (Wildman–Crippen LogP) is 6.06. The summed E-state index contributed by atoms with van der Waals surface area (Å²) in [5.74, 6) is -0.353. The molecule has 0 unspecified atom stereocenters. The number of likely N-dealkylation sites (N-methyl/N-ethyl adjacent to an activating group) is 1.